The standard InChI is InChI=1S/C24H37N7O.HI/c1-18-28-29-23(30(18)2)15-26-24(25-14-19-8-10-22(32-3)11-9-19)27-21-12-13-31(17-21)16-20-6-4-5-7-20;/h8-11,20-21H,4-7,12-17H2,1-3H3,(H2,25,26,27);1H. The van der Waals surface area contributed by atoms with Gasteiger partial charge in [-0.05, 0) is 49.8 Å². The molecule has 1 atom stereocenters. The molecule has 2 fully saturated rings. The van der Waals surface area contributed by atoms with Gasteiger partial charge in [-0.2, -0.15) is 0 Å². The summed E-state index contributed by atoms with van der Waals surface area (Å²) in [6.07, 6.45) is 6.78. The van der Waals surface area contributed by atoms with Gasteiger partial charge < -0.3 is 24.8 Å². The Labute approximate surface area is 214 Å². The number of ether oxygens (including phenoxy) is 1. The van der Waals surface area contributed by atoms with Crippen molar-refractivity contribution < 1.29 is 4.74 Å². The minimum absolute atomic E-state index is 0. The molecule has 2 aliphatic rings. The van der Waals surface area contributed by atoms with Crippen LogP contribution in [0.15, 0.2) is 29.3 Å². The molecule has 1 aliphatic carbocycles. The zero-order chi connectivity index (χ0) is 22.3. The molecule has 2 aromatic rings. The van der Waals surface area contributed by atoms with E-state index in [0.29, 0.717) is 19.1 Å². The number of halogens is 1. The molecular formula is C24H38IN7O. The Morgan fingerprint density at radius 1 is 1.15 bits per heavy atom. The van der Waals surface area contributed by atoms with Crippen molar-refractivity contribution in [1.82, 2.24) is 30.3 Å². The van der Waals surface area contributed by atoms with Crippen LogP contribution in [0.5, 0.6) is 5.75 Å². The Morgan fingerprint density at radius 2 is 1.91 bits per heavy atom. The second kappa shape index (κ2) is 12.5. The third-order valence-electron chi connectivity index (χ3n) is 6.78. The maximum absolute atomic E-state index is 5.26. The quantitative estimate of drug-likeness (QED) is 0.290. The average Bonchev–Trinajstić information content (AvgIpc) is 3.55. The maximum atomic E-state index is 5.26. The summed E-state index contributed by atoms with van der Waals surface area (Å²) in [6.45, 7) is 6.66. The van der Waals surface area contributed by atoms with Crippen LogP contribution in [0.2, 0.25) is 0 Å². The molecule has 2 heterocycles. The largest absolute Gasteiger partial charge is 0.497 e. The van der Waals surface area contributed by atoms with Crippen molar-refractivity contribution in [2.75, 3.05) is 26.7 Å². The highest BCUT2D eigenvalue weighted by Gasteiger charge is 2.26. The van der Waals surface area contributed by atoms with Gasteiger partial charge in [0.2, 0.25) is 0 Å². The van der Waals surface area contributed by atoms with E-state index in [4.69, 9.17) is 9.73 Å². The summed E-state index contributed by atoms with van der Waals surface area (Å²) in [5.74, 6) is 4.39. The lowest BCUT2D eigenvalue weighted by atomic mass is 10.1. The molecule has 0 amide bonds. The first kappa shape index (κ1) is 25.7. The smallest absolute Gasteiger partial charge is 0.192 e. The van der Waals surface area contributed by atoms with E-state index >= 15 is 0 Å². The van der Waals surface area contributed by atoms with Gasteiger partial charge in [0.25, 0.3) is 0 Å². The lowest BCUT2D eigenvalue weighted by Crippen LogP contribution is -2.45. The molecule has 1 saturated carbocycles. The molecule has 2 N–H and O–H groups in total. The highest BCUT2D eigenvalue weighted by atomic mass is 127. The van der Waals surface area contributed by atoms with E-state index in [-0.39, 0.29) is 24.0 Å². The summed E-state index contributed by atoms with van der Waals surface area (Å²) in [6, 6.07) is 8.49. The molecule has 182 valence electrons. The Bertz CT molecular complexity index is 893. The number of aliphatic imine (C=N–C) groups is 1. The first-order valence-electron chi connectivity index (χ1n) is 11.9. The van der Waals surface area contributed by atoms with Crippen LogP contribution in [-0.4, -0.2) is 58.4 Å². The van der Waals surface area contributed by atoms with E-state index in [0.717, 1.165) is 47.8 Å². The highest BCUT2D eigenvalue weighted by Crippen LogP contribution is 2.26. The summed E-state index contributed by atoms with van der Waals surface area (Å²) in [5, 5.41) is 15.6. The zero-order valence-corrected chi connectivity index (χ0v) is 22.4. The Hall–Kier alpha value is -1.88. The van der Waals surface area contributed by atoms with Crippen molar-refractivity contribution in [2.24, 2.45) is 18.0 Å². The van der Waals surface area contributed by atoms with Crippen LogP contribution in [0.25, 0.3) is 0 Å². The minimum Gasteiger partial charge on any atom is -0.497 e. The number of likely N-dealkylation sites (tertiary alicyclic amines) is 1. The van der Waals surface area contributed by atoms with Crippen LogP contribution >= 0.6 is 24.0 Å². The van der Waals surface area contributed by atoms with Crippen molar-refractivity contribution in [3.63, 3.8) is 0 Å². The van der Waals surface area contributed by atoms with Crippen LogP contribution in [0, 0.1) is 12.8 Å². The fraction of sp³-hybridized carbons (Fsp3) is 0.625. The van der Waals surface area contributed by atoms with Gasteiger partial charge in [-0.3, -0.25) is 0 Å². The molecule has 9 heteroatoms. The molecule has 0 radical (unpaired) electrons. The third-order valence-corrected chi connectivity index (χ3v) is 6.78. The number of hydrogen-bond acceptors (Lipinski definition) is 5. The fourth-order valence-electron chi connectivity index (χ4n) is 4.69. The van der Waals surface area contributed by atoms with Gasteiger partial charge in [-0.25, -0.2) is 4.99 Å². The van der Waals surface area contributed by atoms with Crippen LogP contribution < -0.4 is 15.4 Å². The summed E-state index contributed by atoms with van der Waals surface area (Å²) in [7, 11) is 3.68. The minimum atomic E-state index is 0. The van der Waals surface area contributed by atoms with Crippen molar-refractivity contribution in [3.05, 3.63) is 41.5 Å². The van der Waals surface area contributed by atoms with Gasteiger partial charge in [0.15, 0.2) is 11.8 Å². The predicted octanol–water partition coefficient (Wildman–Crippen LogP) is 3.25. The molecule has 4 rings (SSSR count). The third kappa shape index (κ3) is 7.30. The molecule has 1 saturated heterocycles. The topological polar surface area (TPSA) is 79.6 Å². The normalized spacial score (nSPS) is 19.5. The van der Waals surface area contributed by atoms with Crippen molar-refractivity contribution in [1.29, 1.82) is 0 Å². The van der Waals surface area contributed by atoms with Crippen molar-refractivity contribution in [2.45, 2.75) is 58.2 Å². The number of guanidine groups is 1. The average molecular weight is 568 g/mol. The molecule has 0 spiro atoms. The number of nitrogens with zero attached hydrogens (tertiary/aromatic N) is 5. The molecule has 33 heavy (non-hydrogen) atoms. The number of methoxy groups -OCH3 is 1. The van der Waals surface area contributed by atoms with Gasteiger partial charge in [0, 0.05) is 32.7 Å². The predicted molar refractivity (Wildman–Crippen MR) is 142 cm³/mol. The SMILES string of the molecule is COc1ccc(CN=C(NCc2nnc(C)n2C)NC2CCN(CC3CCCC3)C2)cc1.I. The molecular weight excluding hydrogens is 529 g/mol. The van der Waals surface area contributed by atoms with Crippen molar-refractivity contribution in [3.8, 4) is 5.75 Å². The van der Waals surface area contributed by atoms with E-state index < -0.39 is 0 Å². The molecule has 1 aromatic carbocycles. The summed E-state index contributed by atoms with van der Waals surface area (Å²) >= 11 is 0. The van der Waals surface area contributed by atoms with E-state index in [1.807, 2.05) is 30.7 Å². The molecule has 0 bridgehead atoms. The van der Waals surface area contributed by atoms with Crippen molar-refractivity contribution >= 4 is 29.9 Å². The fourth-order valence-corrected chi connectivity index (χ4v) is 4.69. The van der Waals surface area contributed by atoms with E-state index in [2.05, 4.69) is 37.9 Å². The van der Waals surface area contributed by atoms with Crippen LogP contribution in [0.4, 0.5) is 0 Å². The molecule has 1 aliphatic heterocycles. The second-order valence-corrected chi connectivity index (χ2v) is 9.13. The number of aromatic nitrogens is 3. The number of rotatable bonds is 8. The van der Waals surface area contributed by atoms with E-state index in [1.54, 1.807) is 7.11 Å². The van der Waals surface area contributed by atoms with Gasteiger partial charge in [0.1, 0.15) is 11.6 Å². The molecule has 1 aromatic heterocycles. The monoisotopic (exact) mass is 567 g/mol. The lowest BCUT2D eigenvalue weighted by molar-refractivity contribution is 0.275. The Kier molecular flexibility index (Phi) is 9.78. The summed E-state index contributed by atoms with van der Waals surface area (Å²) < 4.78 is 7.27. The summed E-state index contributed by atoms with van der Waals surface area (Å²) in [5.41, 5.74) is 1.15. The summed E-state index contributed by atoms with van der Waals surface area (Å²) in [4.78, 5) is 7.50. The highest BCUT2D eigenvalue weighted by molar-refractivity contribution is 14.0. The van der Waals surface area contributed by atoms with E-state index in [1.165, 1.54) is 38.8 Å². The maximum Gasteiger partial charge on any atom is 0.192 e. The van der Waals surface area contributed by atoms with Gasteiger partial charge in [-0.15, -0.1) is 34.2 Å². The van der Waals surface area contributed by atoms with Gasteiger partial charge in [0.05, 0.1) is 20.2 Å². The van der Waals surface area contributed by atoms with Gasteiger partial charge in [-0.1, -0.05) is 25.0 Å². The Balaban J connectivity index is 0.00000306. The number of hydrogen-bond donors (Lipinski definition) is 2. The van der Waals surface area contributed by atoms with Gasteiger partial charge >= 0.3 is 0 Å². The first-order valence-corrected chi connectivity index (χ1v) is 11.9. The second-order valence-electron chi connectivity index (χ2n) is 9.13. The molecule has 1 unspecified atom stereocenters. The number of aryl methyl sites for hydroxylation is 1. The first-order chi connectivity index (χ1) is 15.6. The number of nitrogens with one attached hydrogen (secondary N) is 2. The zero-order valence-electron chi connectivity index (χ0n) is 20.1. The molecule has 8 nitrogen and oxygen atoms in total. The Morgan fingerprint density at radius 3 is 2.58 bits per heavy atom. The van der Waals surface area contributed by atoms with Crippen LogP contribution in [0.3, 0.4) is 0 Å². The lowest BCUT2D eigenvalue weighted by Gasteiger charge is -2.21. The van der Waals surface area contributed by atoms with E-state index in [9.17, 15) is 0 Å². The van der Waals surface area contributed by atoms with Crippen LogP contribution in [-0.2, 0) is 20.1 Å². The van der Waals surface area contributed by atoms with Crippen LogP contribution in [0.1, 0.15) is 49.3 Å². The number of benzene rings is 1.